The fraction of sp³-hybridized carbons (Fsp3) is 0.536. The Kier molecular flexibility index (Phi) is 9.26. The first kappa shape index (κ1) is 27.9. The van der Waals surface area contributed by atoms with Crippen LogP contribution in [0.15, 0.2) is 45.3 Å². The third-order valence-electron chi connectivity index (χ3n) is 6.18. The van der Waals surface area contributed by atoms with E-state index >= 15 is 0 Å². The zero-order valence-electron chi connectivity index (χ0n) is 21.3. The van der Waals surface area contributed by atoms with E-state index < -0.39 is 5.41 Å². The summed E-state index contributed by atoms with van der Waals surface area (Å²) in [4.78, 5) is 12.7. The van der Waals surface area contributed by atoms with Crippen LogP contribution in [-0.4, -0.2) is 11.6 Å². The van der Waals surface area contributed by atoms with Crippen molar-refractivity contribution in [2.45, 2.75) is 86.7 Å². The van der Waals surface area contributed by atoms with Gasteiger partial charge in [0, 0.05) is 0 Å². The van der Waals surface area contributed by atoms with Crippen LogP contribution < -0.4 is 9.47 Å². The Balaban J connectivity index is 1.89. The second kappa shape index (κ2) is 10.9. The van der Waals surface area contributed by atoms with E-state index in [1.54, 1.807) is 0 Å². The summed E-state index contributed by atoms with van der Waals surface area (Å²) < 4.78 is 13.5. The minimum atomic E-state index is -0.586. The highest BCUT2D eigenvalue weighted by Gasteiger charge is 2.41. The van der Waals surface area contributed by atoms with Crippen molar-refractivity contribution in [1.29, 1.82) is 0 Å². The first-order chi connectivity index (χ1) is 15.1. The second-order valence-corrected chi connectivity index (χ2v) is 12.9. The smallest absolute Gasteiger partial charge is 0.317 e. The van der Waals surface area contributed by atoms with Crippen molar-refractivity contribution >= 4 is 37.8 Å². The number of halogens is 2. The molecule has 3 nitrogen and oxygen atoms in total. The van der Waals surface area contributed by atoms with Crippen LogP contribution in [0.4, 0.5) is 0 Å². The lowest BCUT2D eigenvalue weighted by Gasteiger charge is -2.36. The van der Waals surface area contributed by atoms with Gasteiger partial charge in [-0.25, -0.2) is 0 Å². The van der Waals surface area contributed by atoms with E-state index in [1.807, 2.05) is 32.0 Å². The number of benzene rings is 2. The molecule has 0 N–H and O–H groups in total. The molecule has 0 aliphatic carbocycles. The molecule has 2 rings (SSSR count). The van der Waals surface area contributed by atoms with Gasteiger partial charge in [0.05, 0.1) is 14.4 Å². The molecule has 0 bridgehead atoms. The van der Waals surface area contributed by atoms with Crippen LogP contribution in [-0.2, 0) is 17.6 Å². The van der Waals surface area contributed by atoms with E-state index in [0.29, 0.717) is 5.75 Å². The number of aryl methyl sites for hydroxylation is 2. The number of rotatable bonds is 8. The van der Waals surface area contributed by atoms with Crippen LogP contribution in [0.1, 0.15) is 79.4 Å². The maximum Gasteiger partial charge on any atom is 0.317 e. The Morgan fingerprint density at radius 2 is 1.21 bits per heavy atom. The van der Waals surface area contributed by atoms with Crippen molar-refractivity contribution in [3.63, 3.8) is 0 Å². The average Bonchev–Trinajstić information content (AvgIpc) is 2.67. The molecular weight excluding hydrogens is 544 g/mol. The van der Waals surface area contributed by atoms with Gasteiger partial charge >= 0.3 is 5.97 Å². The number of unbranched alkanes of at least 4 members (excludes halogenated alkanes) is 1. The van der Waals surface area contributed by atoms with Gasteiger partial charge in [0.2, 0.25) is 0 Å². The Hall–Kier alpha value is -1.33. The van der Waals surface area contributed by atoms with Crippen LogP contribution in [0, 0.1) is 10.8 Å². The molecule has 0 heterocycles. The molecule has 0 atom stereocenters. The summed E-state index contributed by atoms with van der Waals surface area (Å²) in [5.74, 6) is 1.24. The van der Waals surface area contributed by atoms with Gasteiger partial charge in [-0.2, -0.15) is 0 Å². The number of ether oxygens (including phenoxy) is 2. The van der Waals surface area contributed by atoms with Crippen LogP contribution in [0.2, 0.25) is 0 Å². The molecule has 33 heavy (non-hydrogen) atoms. The van der Waals surface area contributed by atoms with Gasteiger partial charge < -0.3 is 9.47 Å². The van der Waals surface area contributed by atoms with Gasteiger partial charge in [0.25, 0.3) is 0 Å². The molecule has 0 unspecified atom stereocenters. The molecule has 0 aromatic heterocycles. The molecule has 0 spiro atoms. The number of hydrogen-bond acceptors (Lipinski definition) is 3. The minimum absolute atomic E-state index is 0.188. The Morgan fingerprint density at radius 3 is 1.61 bits per heavy atom. The van der Waals surface area contributed by atoms with E-state index in [9.17, 15) is 4.79 Å². The molecule has 0 radical (unpaired) electrons. The quantitative estimate of drug-likeness (QED) is 0.177. The molecule has 182 valence electrons. The van der Waals surface area contributed by atoms with Crippen LogP contribution in [0.25, 0.3) is 0 Å². The predicted molar refractivity (Wildman–Crippen MR) is 144 cm³/mol. The third kappa shape index (κ3) is 8.13. The number of hydrogen-bond donors (Lipinski definition) is 0. The van der Waals surface area contributed by atoms with Gasteiger partial charge in [-0.1, -0.05) is 32.9 Å². The predicted octanol–water partition coefficient (Wildman–Crippen LogP) is 8.93. The van der Waals surface area contributed by atoms with Crippen molar-refractivity contribution < 1.29 is 14.3 Å². The molecule has 0 fully saturated rings. The first-order valence-electron chi connectivity index (χ1n) is 11.6. The Bertz CT molecular complexity index is 966. The lowest BCUT2D eigenvalue weighted by atomic mass is 9.69. The summed E-state index contributed by atoms with van der Waals surface area (Å²) in [5, 5.41) is 0. The Morgan fingerprint density at radius 1 is 0.758 bits per heavy atom. The van der Waals surface area contributed by atoms with Gasteiger partial charge in [-0.05, 0) is 133 Å². The van der Waals surface area contributed by atoms with E-state index in [4.69, 9.17) is 9.47 Å². The van der Waals surface area contributed by atoms with Gasteiger partial charge in [0.15, 0.2) is 0 Å². The monoisotopic (exact) mass is 580 g/mol. The molecule has 0 amide bonds. The molecule has 5 heteroatoms. The largest absolute Gasteiger partial charge is 0.487 e. The number of esters is 1. The van der Waals surface area contributed by atoms with Gasteiger partial charge in [0.1, 0.15) is 17.1 Å². The standard InChI is InChI=1S/C28H38Br2O3/c1-26(2,3)28(7,8)25(31)32-23-15-13-19(17-21(23)29)11-9-10-12-20-14-16-24(22(30)18-20)33-27(4,5)6/h13-18H,9-12H2,1-8H3. The summed E-state index contributed by atoms with van der Waals surface area (Å²) in [6.45, 7) is 16.2. The van der Waals surface area contributed by atoms with E-state index in [0.717, 1.165) is 40.4 Å². The van der Waals surface area contributed by atoms with Crippen molar-refractivity contribution in [2.75, 3.05) is 0 Å². The fourth-order valence-electron chi connectivity index (χ4n) is 3.09. The highest BCUT2D eigenvalue weighted by molar-refractivity contribution is 9.10. The first-order valence-corrected chi connectivity index (χ1v) is 13.2. The maximum atomic E-state index is 12.7. The van der Waals surface area contributed by atoms with Crippen LogP contribution in [0.5, 0.6) is 11.5 Å². The zero-order valence-corrected chi connectivity index (χ0v) is 24.4. The average molecular weight is 582 g/mol. The maximum absolute atomic E-state index is 12.7. The summed E-state index contributed by atoms with van der Waals surface area (Å²) in [5.41, 5.74) is 1.54. The summed E-state index contributed by atoms with van der Waals surface area (Å²) >= 11 is 7.21. The topological polar surface area (TPSA) is 35.5 Å². The second-order valence-electron chi connectivity index (χ2n) is 11.2. The highest BCUT2D eigenvalue weighted by atomic mass is 79.9. The Labute approximate surface area is 216 Å². The molecule has 0 aliphatic heterocycles. The van der Waals surface area contributed by atoms with E-state index in [1.165, 1.54) is 11.1 Å². The van der Waals surface area contributed by atoms with Gasteiger partial charge in [-0.15, -0.1) is 0 Å². The van der Waals surface area contributed by atoms with Crippen molar-refractivity contribution in [3.05, 3.63) is 56.5 Å². The summed E-state index contributed by atoms with van der Waals surface area (Å²) in [6.07, 6.45) is 4.18. The number of carbonyl (C=O) groups is 1. The molecule has 2 aromatic rings. The fourth-order valence-corrected chi connectivity index (χ4v) is 4.10. The van der Waals surface area contributed by atoms with Crippen molar-refractivity contribution in [1.82, 2.24) is 0 Å². The zero-order chi connectivity index (χ0) is 25.0. The highest BCUT2D eigenvalue weighted by Crippen LogP contribution is 2.40. The van der Waals surface area contributed by atoms with Crippen molar-refractivity contribution in [3.8, 4) is 11.5 Å². The SMILES string of the molecule is CC(C)(C)Oc1ccc(CCCCc2ccc(OC(=O)C(C)(C)C(C)(C)C)c(Br)c2)cc1Br. The summed E-state index contributed by atoms with van der Waals surface area (Å²) in [6, 6.07) is 12.3. The molecule has 0 aliphatic rings. The lowest BCUT2D eigenvalue weighted by Crippen LogP contribution is -2.40. The number of carbonyl (C=O) groups excluding carboxylic acids is 1. The van der Waals surface area contributed by atoms with Crippen LogP contribution >= 0.6 is 31.9 Å². The lowest BCUT2D eigenvalue weighted by molar-refractivity contribution is -0.150. The molecular formula is C28H38Br2O3. The summed E-state index contributed by atoms with van der Waals surface area (Å²) in [7, 11) is 0. The van der Waals surface area contributed by atoms with E-state index in [-0.39, 0.29) is 17.0 Å². The molecule has 0 saturated heterocycles. The van der Waals surface area contributed by atoms with Gasteiger partial charge in [-0.3, -0.25) is 4.79 Å². The molecule has 0 saturated carbocycles. The van der Waals surface area contributed by atoms with E-state index in [2.05, 4.69) is 91.6 Å². The third-order valence-corrected chi connectivity index (χ3v) is 7.42. The minimum Gasteiger partial charge on any atom is -0.487 e. The van der Waals surface area contributed by atoms with Crippen molar-refractivity contribution in [2.24, 2.45) is 10.8 Å². The van der Waals surface area contributed by atoms with Crippen LogP contribution in [0.3, 0.4) is 0 Å². The normalized spacial score (nSPS) is 12.5. The molecule has 2 aromatic carbocycles.